The topological polar surface area (TPSA) is 58.1 Å². The molecule has 24 heavy (non-hydrogen) atoms. The second kappa shape index (κ2) is 6.99. The molecule has 1 aliphatic heterocycles. The van der Waals surface area contributed by atoms with Crippen molar-refractivity contribution in [1.29, 1.82) is 0 Å². The molecule has 5 heteroatoms. The van der Waals surface area contributed by atoms with Crippen LogP contribution in [0.5, 0.6) is 0 Å². The van der Waals surface area contributed by atoms with Crippen LogP contribution in [0.4, 0.5) is 17.5 Å². The summed E-state index contributed by atoms with van der Waals surface area (Å²) in [5, 5.41) is 3.31. The zero-order valence-corrected chi connectivity index (χ0v) is 14.5. The normalized spacial score (nSPS) is 15.4. The molecular weight excluding hydrogens is 300 g/mol. The van der Waals surface area contributed by atoms with Crippen LogP contribution in [0.15, 0.2) is 30.3 Å². The van der Waals surface area contributed by atoms with E-state index in [2.05, 4.69) is 27.1 Å². The van der Waals surface area contributed by atoms with E-state index in [1.165, 1.54) is 12.8 Å². The van der Waals surface area contributed by atoms with Crippen LogP contribution in [0.25, 0.3) is 0 Å². The molecule has 126 valence electrons. The van der Waals surface area contributed by atoms with Gasteiger partial charge in [0.25, 0.3) is 0 Å². The van der Waals surface area contributed by atoms with Crippen LogP contribution in [0.2, 0.25) is 0 Å². The summed E-state index contributed by atoms with van der Waals surface area (Å²) in [6, 6.07) is 9.39. The van der Waals surface area contributed by atoms with Gasteiger partial charge in [-0.2, -0.15) is 4.98 Å². The molecule has 1 aromatic heterocycles. The van der Waals surface area contributed by atoms with Crippen molar-refractivity contribution in [2.45, 2.75) is 33.6 Å². The van der Waals surface area contributed by atoms with Gasteiger partial charge in [0.2, 0.25) is 5.95 Å². The summed E-state index contributed by atoms with van der Waals surface area (Å²) in [6.45, 7) is 7.88. The first-order valence-corrected chi connectivity index (χ1v) is 8.50. The number of piperidine rings is 1. The first-order chi connectivity index (χ1) is 11.5. The van der Waals surface area contributed by atoms with Crippen LogP contribution >= 0.6 is 0 Å². The predicted molar refractivity (Wildman–Crippen MR) is 97.1 cm³/mol. The Morgan fingerprint density at radius 3 is 2.46 bits per heavy atom. The first kappa shape index (κ1) is 16.4. The van der Waals surface area contributed by atoms with Crippen molar-refractivity contribution >= 4 is 23.2 Å². The SMILES string of the molecule is CC(=O)c1ccc(Nc2cc(C)nc(N3CCC(C)CC3)n2)cc1. The number of carbonyl (C=O) groups excluding carboxylic acids is 1. The molecule has 1 fully saturated rings. The summed E-state index contributed by atoms with van der Waals surface area (Å²) in [5.41, 5.74) is 2.57. The van der Waals surface area contributed by atoms with Gasteiger partial charge in [-0.15, -0.1) is 0 Å². The molecular formula is C19H24N4O. The molecule has 1 saturated heterocycles. The molecule has 1 aliphatic rings. The number of Topliss-reactive ketones (excluding diaryl/α,β-unsaturated/α-hetero) is 1. The number of nitrogens with zero attached hydrogens (tertiary/aromatic N) is 3. The maximum Gasteiger partial charge on any atom is 0.227 e. The van der Waals surface area contributed by atoms with E-state index < -0.39 is 0 Å². The van der Waals surface area contributed by atoms with Crippen molar-refractivity contribution in [1.82, 2.24) is 9.97 Å². The molecule has 0 bridgehead atoms. The Morgan fingerprint density at radius 2 is 1.83 bits per heavy atom. The molecule has 2 aromatic rings. The Labute approximate surface area is 143 Å². The third-order valence-electron chi connectivity index (χ3n) is 4.47. The number of ketones is 1. The molecule has 0 atom stereocenters. The van der Waals surface area contributed by atoms with Crippen LogP contribution < -0.4 is 10.2 Å². The monoisotopic (exact) mass is 324 g/mol. The number of aryl methyl sites for hydroxylation is 1. The maximum atomic E-state index is 11.4. The van der Waals surface area contributed by atoms with E-state index in [1.54, 1.807) is 6.92 Å². The van der Waals surface area contributed by atoms with E-state index in [4.69, 9.17) is 0 Å². The summed E-state index contributed by atoms with van der Waals surface area (Å²) < 4.78 is 0. The third kappa shape index (κ3) is 3.91. The van der Waals surface area contributed by atoms with Gasteiger partial charge in [0, 0.05) is 36.1 Å². The van der Waals surface area contributed by atoms with Gasteiger partial charge in [0.15, 0.2) is 5.78 Å². The number of rotatable bonds is 4. The molecule has 0 saturated carbocycles. The van der Waals surface area contributed by atoms with Crippen molar-refractivity contribution in [3.8, 4) is 0 Å². The fraction of sp³-hybridized carbons (Fsp3) is 0.421. The summed E-state index contributed by atoms with van der Waals surface area (Å²) in [6.07, 6.45) is 2.37. The lowest BCUT2D eigenvalue weighted by Gasteiger charge is -2.30. The number of anilines is 3. The minimum absolute atomic E-state index is 0.0704. The minimum atomic E-state index is 0.0704. The zero-order chi connectivity index (χ0) is 17.1. The van der Waals surface area contributed by atoms with Gasteiger partial charge in [0.05, 0.1) is 0 Å². The number of hydrogen-bond acceptors (Lipinski definition) is 5. The van der Waals surface area contributed by atoms with Crippen LogP contribution in [-0.4, -0.2) is 28.8 Å². The standard InChI is InChI=1S/C19H24N4O/c1-13-8-10-23(11-9-13)19-20-14(2)12-18(22-19)21-17-6-4-16(5-7-17)15(3)24/h4-7,12-13H,8-11H2,1-3H3,(H,20,21,22). The lowest BCUT2D eigenvalue weighted by molar-refractivity contribution is 0.101. The molecule has 0 spiro atoms. The zero-order valence-electron chi connectivity index (χ0n) is 14.5. The van der Waals surface area contributed by atoms with Crippen LogP contribution in [-0.2, 0) is 0 Å². The molecule has 0 unspecified atom stereocenters. The molecule has 1 aromatic carbocycles. The lowest BCUT2D eigenvalue weighted by atomic mass is 10.00. The summed E-state index contributed by atoms with van der Waals surface area (Å²) in [7, 11) is 0. The quantitative estimate of drug-likeness (QED) is 0.863. The number of aromatic nitrogens is 2. The number of nitrogens with one attached hydrogen (secondary N) is 1. The van der Waals surface area contributed by atoms with E-state index in [0.717, 1.165) is 42.2 Å². The van der Waals surface area contributed by atoms with Crippen LogP contribution in [0.3, 0.4) is 0 Å². The largest absolute Gasteiger partial charge is 0.341 e. The second-order valence-corrected chi connectivity index (χ2v) is 6.62. The number of hydrogen-bond donors (Lipinski definition) is 1. The van der Waals surface area contributed by atoms with E-state index >= 15 is 0 Å². The third-order valence-corrected chi connectivity index (χ3v) is 4.47. The highest BCUT2D eigenvalue weighted by Crippen LogP contribution is 2.23. The molecule has 1 N–H and O–H groups in total. The first-order valence-electron chi connectivity index (χ1n) is 8.50. The van der Waals surface area contributed by atoms with Gasteiger partial charge < -0.3 is 10.2 Å². The molecule has 0 aliphatic carbocycles. The average molecular weight is 324 g/mol. The summed E-state index contributed by atoms with van der Waals surface area (Å²) in [5.74, 6) is 2.43. The van der Waals surface area contributed by atoms with Crippen LogP contribution in [0.1, 0.15) is 42.7 Å². The fourth-order valence-electron chi connectivity index (χ4n) is 2.90. The Morgan fingerprint density at radius 1 is 1.17 bits per heavy atom. The van der Waals surface area contributed by atoms with Gasteiger partial charge in [-0.1, -0.05) is 6.92 Å². The van der Waals surface area contributed by atoms with E-state index in [-0.39, 0.29) is 5.78 Å². The van der Waals surface area contributed by atoms with Gasteiger partial charge in [-0.05, 0) is 56.9 Å². The van der Waals surface area contributed by atoms with Crippen molar-refractivity contribution in [3.05, 3.63) is 41.6 Å². The highest BCUT2D eigenvalue weighted by atomic mass is 16.1. The van der Waals surface area contributed by atoms with Crippen molar-refractivity contribution in [2.24, 2.45) is 5.92 Å². The summed E-state index contributed by atoms with van der Waals surface area (Å²) >= 11 is 0. The van der Waals surface area contributed by atoms with Crippen molar-refractivity contribution in [3.63, 3.8) is 0 Å². The van der Waals surface area contributed by atoms with Gasteiger partial charge in [-0.3, -0.25) is 4.79 Å². The van der Waals surface area contributed by atoms with Crippen molar-refractivity contribution in [2.75, 3.05) is 23.3 Å². The Hall–Kier alpha value is -2.43. The molecule has 5 nitrogen and oxygen atoms in total. The van der Waals surface area contributed by atoms with Gasteiger partial charge in [-0.25, -0.2) is 4.98 Å². The Bertz CT molecular complexity index is 719. The fourth-order valence-corrected chi connectivity index (χ4v) is 2.90. The highest BCUT2D eigenvalue weighted by Gasteiger charge is 2.18. The number of carbonyl (C=O) groups is 1. The van der Waals surface area contributed by atoms with E-state index in [1.807, 2.05) is 37.3 Å². The van der Waals surface area contributed by atoms with Gasteiger partial charge >= 0.3 is 0 Å². The van der Waals surface area contributed by atoms with Gasteiger partial charge in [0.1, 0.15) is 5.82 Å². The van der Waals surface area contributed by atoms with E-state index in [0.29, 0.717) is 5.56 Å². The Kier molecular flexibility index (Phi) is 4.79. The van der Waals surface area contributed by atoms with E-state index in [9.17, 15) is 4.79 Å². The molecule has 3 rings (SSSR count). The lowest BCUT2D eigenvalue weighted by Crippen LogP contribution is -2.34. The van der Waals surface area contributed by atoms with Crippen LogP contribution in [0, 0.1) is 12.8 Å². The maximum absolute atomic E-state index is 11.4. The smallest absolute Gasteiger partial charge is 0.227 e. The predicted octanol–water partition coefficient (Wildman–Crippen LogP) is 3.97. The Balaban J connectivity index is 1.77. The summed E-state index contributed by atoms with van der Waals surface area (Å²) in [4.78, 5) is 22.9. The molecule has 2 heterocycles. The van der Waals surface area contributed by atoms with Crippen molar-refractivity contribution < 1.29 is 4.79 Å². The highest BCUT2D eigenvalue weighted by molar-refractivity contribution is 5.94. The molecule has 0 amide bonds. The molecule has 0 radical (unpaired) electrons. The average Bonchev–Trinajstić information content (AvgIpc) is 2.55. The number of benzene rings is 1. The minimum Gasteiger partial charge on any atom is -0.341 e. The second-order valence-electron chi connectivity index (χ2n) is 6.62.